The molecule has 0 aliphatic carbocycles. The van der Waals surface area contributed by atoms with Crippen molar-refractivity contribution in [2.75, 3.05) is 12.3 Å². The van der Waals surface area contributed by atoms with Gasteiger partial charge in [0.2, 0.25) is 0 Å². The summed E-state index contributed by atoms with van der Waals surface area (Å²) in [5.41, 5.74) is 0. The predicted octanol–water partition coefficient (Wildman–Crippen LogP) is 3.69. The first-order chi connectivity index (χ1) is 6.70. The molecule has 0 saturated heterocycles. The zero-order valence-corrected chi connectivity index (χ0v) is 11.1. The molecule has 2 heteroatoms. The van der Waals surface area contributed by atoms with Crippen molar-refractivity contribution in [1.29, 1.82) is 0 Å². The Balaban J connectivity index is 3.18. The van der Waals surface area contributed by atoms with Crippen molar-refractivity contribution < 1.29 is 0 Å². The van der Waals surface area contributed by atoms with Crippen LogP contribution in [0.2, 0.25) is 0 Å². The summed E-state index contributed by atoms with van der Waals surface area (Å²) in [4.78, 5) is 0. The first-order valence-electron chi connectivity index (χ1n) is 6.05. The minimum absolute atomic E-state index is 0.701. The van der Waals surface area contributed by atoms with Crippen LogP contribution in [-0.2, 0) is 0 Å². The van der Waals surface area contributed by atoms with Crippen molar-refractivity contribution >= 4 is 11.8 Å². The Hall–Kier alpha value is 0.310. The van der Waals surface area contributed by atoms with Gasteiger partial charge in [-0.15, -0.1) is 0 Å². The third kappa shape index (κ3) is 8.89. The molecule has 0 heterocycles. The Labute approximate surface area is 94.4 Å². The summed E-state index contributed by atoms with van der Waals surface area (Å²) in [5, 5.41) is 4.37. The van der Waals surface area contributed by atoms with Gasteiger partial charge in [-0.3, -0.25) is 0 Å². The van der Waals surface area contributed by atoms with E-state index in [0.29, 0.717) is 6.04 Å². The highest BCUT2D eigenvalue weighted by molar-refractivity contribution is 7.99. The molecule has 86 valence electrons. The first kappa shape index (κ1) is 14.3. The van der Waals surface area contributed by atoms with Gasteiger partial charge in [-0.2, -0.15) is 11.8 Å². The van der Waals surface area contributed by atoms with Crippen molar-refractivity contribution in [3.8, 4) is 0 Å². The second-order valence-corrected chi connectivity index (χ2v) is 5.63. The SMILES string of the molecule is CCCNC(C)CCCSC(C)CC. The Morgan fingerprint density at radius 2 is 1.93 bits per heavy atom. The third-order valence-electron chi connectivity index (χ3n) is 2.50. The summed E-state index contributed by atoms with van der Waals surface area (Å²) in [5.74, 6) is 1.33. The predicted molar refractivity (Wildman–Crippen MR) is 69.2 cm³/mol. The molecule has 1 nitrogen and oxygen atoms in total. The lowest BCUT2D eigenvalue weighted by Crippen LogP contribution is -2.26. The second-order valence-electron chi connectivity index (χ2n) is 4.09. The highest BCUT2D eigenvalue weighted by Crippen LogP contribution is 2.15. The van der Waals surface area contributed by atoms with E-state index in [1.165, 1.54) is 38.0 Å². The molecule has 0 spiro atoms. The second kappa shape index (κ2) is 9.85. The number of rotatable bonds is 9. The van der Waals surface area contributed by atoms with Crippen molar-refractivity contribution in [2.24, 2.45) is 0 Å². The van der Waals surface area contributed by atoms with E-state index in [0.717, 1.165) is 5.25 Å². The fourth-order valence-electron chi connectivity index (χ4n) is 1.28. The summed E-state index contributed by atoms with van der Waals surface area (Å²) in [6, 6.07) is 0.701. The average Bonchev–Trinajstić information content (AvgIpc) is 2.21. The van der Waals surface area contributed by atoms with Crippen LogP contribution in [0.3, 0.4) is 0 Å². The maximum absolute atomic E-state index is 3.53. The van der Waals surface area contributed by atoms with Crippen LogP contribution in [0.4, 0.5) is 0 Å². The lowest BCUT2D eigenvalue weighted by atomic mass is 10.2. The lowest BCUT2D eigenvalue weighted by Gasteiger charge is -2.13. The molecule has 0 aliphatic heterocycles. The molecule has 0 aromatic rings. The van der Waals surface area contributed by atoms with E-state index in [1.54, 1.807) is 0 Å². The van der Waals surface area contributed by atoms with Crippen LogP contribution < -0.4 is 5.32 Å². The van der Waals surface area contributed by atoms with Crippen LogP contribution in [0, 0.1) is 0 Å². The minimum atomic E-state index is 0.701. The lowest BCUT2D eigenvalue weighted by molar-refractivity contribution is 0.510. The van der Waals surface area contributed by atoms with Crippen molar-refractivity contribution in [1.82, 2.24) is 5.32 Å². The van der Waals surface area contributed by atoms with Crippen molar-refractivity contribution in [3.63, 3.8) is 0 Å². The molecule has 2 unspecified atom stereocenters. The van der Waals surface area contributed by atoms with Gasteiger partial charge >= 0.3 is 0 Å². The zero-order chi connectivity index (χ0) is 10.8. The van der Waals surface area contributed by atoms with Crippen molar-refractivity contribution in [2.45, 2.75) is 64.7 Å². The number of hydrogen-bond donors (Lipinski definition) is 1. The Morgan fingerprint density at radius 1 is 1.21 bits per heavy atom. The highest BCUT2D eigenvalue weighted by Gasteiger charge is 2.02. The molecular weight excluding hydrogens is 190 g/mol. The molecule has 0 amide bonds. The van der Waals surface area contributed by atoms with Gasteiger partial charge in [-0.25, -0.2) is 0 Å². The van der Waals surface area contributed by atoms with E-state index in [1.807, 2.05) is 0 Å². The van der Waals surface area contributed by atoms with Gasteiger partial charge < -0.3 is 5.32 Å². The number of hydrogen-bond acceptors (Lipinski definition) is 2. The van der Waals surface area contributed by atoms with Crippen LogP contribution in [-0.4, -0.2) is 23.6 Å². The van der Waals surface area contributed by atoms with Gasteiger partial charge in [0, 0.05) is 11.3 Å². The molecule has 0 fully saturated rings. The first-order valence-corrected chi connectivity index (χ1v) is 7.10. The number of nitrogens with one attached hydrogen (secondary N) is 1. The Morgan fingerprint density at radius 3 is 2.50 bits per heavy atom. The smallest absolute Gasteiger partial charge is 0.00390 e. The summed E-state index contributed by atoms with van der Waals surface area (Å²) in [7, 11) is 0. The zero-order valence-electron chi connectivity index (χ0n) is 10.3. The van der Waals surface area contributed by atoms with E-state index in [-0.39, 0.29) is 0 Å². The maximum atomic E-state index is 3.53. The van der Waals surface area contributed by atoms with E-state index >= 15 is 0 Å². The van der Waals surface area contributed by atoms with Crippen molar-refractivity contribution in [3.05, 3.63) is 0 Å². The van der Waals surface area contributed by atoms with E-state index in [4.69, 9.17) is 0 Å². The van der Waals surface area contributed by atoms with Crippen LogP contribution in [0.5, 0.6) is 0 Å². The molecule has 0 bridgehead atoms. The van der Waals surface area contributed by atoms with Gasteiger partial charge in [0.25, 0.3) is 0 Å². The Bertz CT molecular complexity index is 117. The fourth-order valence-corrected chi connectivity index (χ4v) is 2.26. The fraction of sp³-hybridized carbons (Fsp3) is 1.00. The van der Waals surface area contributed by atoms with E-state index in [2.05, 4.69) is 44.8 Å². The average molecular weight is 217 g/mol. The molecule has 0 aromatic carbocycles. The largest absolute Gasteiger partial charge is 0.314 e. The van der Waals surface area contributed by atoms with Gasteiger partial charge in [0.05, 0.1) is 0 Å². The van der Waals surface area contributed by atoms with Crippen LogP contribution in [0.15, 0.2) is 0 Å². The molecule has 1 N–H and O–H groups in total. The molecule has 2 atom stereocenters. The van der Waals surface area contributed by atoms with Gasteiger partial charge in [-0.1, -0.05) is 20.8 Å². The summed E-state index contributed by atoms with van der Waals surface area (Å²) < 4.78 is 0. The molecule has 0 radical (unpaired) electrons. The Kier molecular flexibility index (Phi) is 10.1. The van der Waals surface area contributed by atoms with Gasteiger partial charge in [0.1, 0.15) is 0 Å². The molecule has 0 aromatic heterocycles. The van der Waals surface area contributed by atoms with Crippen LogP contribution in [0.25, 0.3) is 0 Å². The molecule has 14 heavy (non-hydrogen) atoms. The van der Waals surface area contributed by atoms with E-state index in [9.17, 15) is 0 Å². The standard InChI is InChI=1S/C12H27NS/c1-5-9-13-11(3)8-7-10-14-12(4)6-2/h11-13H,5-10H2,1-4H3. The molecular formula is C12H27NS. The van der Waals surface area contributed by atoms with E-state index < -0.39 is 0 Å². The number of thioether (sulfide) groups is 1. The quantitative estimate of drug-likeness (QED) is 0.591. The molecule has 0 saturated carbocycles. The monoisotopic (exact) mass is 217 g/mol. The van der Waals surface area contributed by atoms with Crippen LogP contribution >= 0.6 is 11.8 Å². The van der Waals surface area contributed by atoms with Gasteiger partial charge in [0.15, 0.2) is 0 Å². The topological polar surface area (TPSA) is 12.0 Å². The van der Waals surface area contributed by atoms with Crippen LogP contribution in [0.1, 0.15) is 53.4 Å². The maximum Gasteiger partial charge on any atom is 0.00390 e. The molecule has 0 aliphatic rings. The summed E-state index contributed by atoms with van der Waals surface area (Å²) >= 11 is 2.11. The third-order valence-corrected chi connectivity index (χ3v) is 3.93. The minimum Gasteiger partial charge on any atom is -0.314 e. The normalized spacial score (nSPS) is 15.4. The summed E-state index contributed by atoms with van der Waals surface area (Å²) in [6.07, 6.45) is 5.22. The molecule has 0 rings (SSSR count). The summed E-state index contributed by atoms with van der Waals surface area (Å²) in [6.45, 7) is 10.3. The van der Waals surface area contributed by atoms with Gasteiger partial charge in [-0.05, 0) is 44.9 Å². The highest BCUT2D eigenvalue weighted by atomic mass is 32.2.